The van der Waals surface area contributed by atoms with Gasteiger partial charge in [0.05, 0.1) is 0 Å². The summed E-state index contributed by atoms with van der Waals surface area (Å²) in [5.74, 6) is 1.24. The van der Waals surface area contributed by atoms with Gasteiger partial charge < -0.3 is 15.1 Å². The minimum absolute atomic E-state index is 0.0543. The fraction of sp³-hybridized carbons (Fsp3) is 0.286. The Labute approximate surface area is 156 Å². The minimum atomic E-state index is -0.208. The number of amides is 2. The van der Waals surface area contributed by atoms with Crippen molar-refractivity contribution in [3.63, 3.8) is 0 Å². The number of oxazole rings is 1. The number of hydrogen-bond acceptors (Lipinski definition) is 4. The van der Waals surface area contributed by atoms with Gasteiger partial charge in [-0.3, -0.25) is 9.59 Å². The van der Waals surface area contributed by atoms with Gasteiger partial charge in [-0.15, -0.1) is 0 Å². The third-order valence-electron chi connectivity index (χ3n) is 4.95. The van der Waals surface area contributed by atoms with Crippen LogP contribution in [-0.2, 0) is 4.79 Å². The highest BCUT2D eigenvalue weighted by Gasteiger charge is 2.30. The number of nitrogens with zero attached hydrogens (tertiary/aromatic N) is 1. The lowest BCUT2D eigenvalue weighted by Crippen LogP contribution is -2.14. The van der Waals surface area contributed by atoms with Crippen LogP contribution in [0.4, 0.5) is 11.4 Å². The zero-order valence-electron chi connectivity index (χ0n) is 14.7. The molecule has 27 heavy (non-hydrogen) atoms. The first-order chi connectivity index (χ1) is 13.2. The maximum Gasteiger partial charge on any atom is 0.255 e. The highest BCUT2D eigenvalue weighted by molar-refractivity contribution is 6.05. The lowest BCUT2D eigenvalue weighted by Gasteiger charge is -2.07. The molecule has 0 atom stereocenters. The minimum Gasteiger partial charge on any atom is -0.440 e. The molecule has 0 saturated heterocycles. The Morgan fingerprint density at radius 3 is 2.37 bits per heavy atom. The summed E-state index contributed by atoms with van der Waals surface area (Å²) in [6, 6.07) is 12.4. The quantitative estimate of drug-likeness (QED) is 0.709. The van der Waals surface area contributed by atoms with Crippen LogP contribution in [0.2, 0.25) is 0 Å². The summed E-state index contributed by atoms with van der Waals surface area (Å²) in [6.45, 7) is 0. The smallest absolute Gasteiger partial charge is 0.255 e. The second-order valence-corrected chi connectivity index (χ2v) is 7.30. The molecule has 2 aromatic carbocycles. The fourth-order valence-corrected chi connectivity index (χ4v) is 3.03. The van der Waals surface area contributed by atoms with Crippen molar-refractivity contribution in [2.45, 2.75) is 31.6 Å². The second kappa shape index (κ2) is 6.23. The number of carbonyl (C=O) groups is 2. The molecule has 6 nitrogen and oxygen atoms in total. The molecule has 6 heteroatoms. The Kier molecular flexibility index (Phi) is 3.70. The number of aromatic nitrogens is 1. The van der Waals surface area contributed by atoms with Crippen molar-refractivity contribution in [2.24, 2.45) is 5.92 Å². The van der Waals surface area contributed by atoms with Gasteiger partial charge in [0.2, 0.25) is 5.91 Å². The molecule has 3 aromatic rings. The standard InChI is InChI=1S/C21H19N3O3/c25-19(12-1-2-12)22-15-7-5-13(6-8-15)20(26)23-16-9-10-18-17(11-16)24-21(27-18)14-3-4-14/h5-12,14H,1-4H2,(H,22,25)(H,23,26). The van der Waals surface area contributed by atoms with Crippen molar-refractivity contribution in [3.05, 3.63) is 53.9 Å². The SMILES string of the molecule is O=C(Nc1ccc2oc(C3CC3)nc2c1)c1ccc(NC(=O)C2CC2)cc1. The number of carbonyl (C=O) groups excluding carboxylic acids is 2. The van der Waals surface area contributed by atoms with Crippen molar-refractivity contribution < 1.29 is 14.0 Å². The molecule has 2 aliphatic rings. The lowest BCUT2D eigenvalue weighted by molar-refractivity contribution is -0.117. The van der Waals surface area contributed by atoms with Gasteiger partial charge >= 0.3 is 0 Å². The van der Waals surface area contributed by atoms with Crippen molar-refractivity contribution in [1.29, 1.82) is 0 Å². The van der Waals surface area contributed by atoms with Crippen LogP contribution in [0.5, 0.6) is 0 Å². The summed E-state index contributed by atoms with van der Waals surface area (Å²) < 4.78 is 5.74. The topological polar surface area (TPSA) is 84.2 Å². The normalized spacial score (nSPS) is 16.3. The van der Waals surface area contributed by atoms with E-state index in [1.807, 2.05) is 18.2 Å². The van der Waals surface area contributed by atoms with E-state index in [1.165, 1.54) is 0 Å². The Morgan fingerprint density at radius 2 is 1.67 bits per heavy atom. The summed E-state index contributed by atoms with van der Waals surface area (Å²) in [6.07, 6.45) is 4.19. The summed E-state index contributed by atoms with van der Waals surface area (Å²) in [5.41, 5.74) is 3.41. The predicted octanol–water partition coefficient (Wildman–Crippen LogP) is 4.31. The summed E-state index contributed by atoms with van der Waals surface area (Å²) in [4.78, 5) is 28.8. The molecule has 0 aliphatic heterocycles. The Hall–Kier alpha value is -3.15. The maximum atomic E-state index is 12.5. The molecule has 2 aliphatic carbocycles. The average molecular weight is 361 g/mol. The van der Waals surface area contributed by atoms with E-state index >= 15 is 0 Å². The van der Waals surface area contributed by atoms with Crippen LogP contribution < -0.4 is 10.6 Å². The van der Waals surface area contributed by atoms with E-state index < -0.39 is 0 Å². The number of nitrogens with one attached hydrogen (secondary N) is 2. The highest BCUT2D eigenvalue weighted by atomic mass is 16.3. The number of hydrogen-bond donors (Lipinski definition) is 2. The first-order valence-corrected chi connectivity index (χ1v) is 9.28. The van der Waals surface area contributed by atoms with E-state index in [0.29, 0.717) is 22.9 Å². The Bertz CT molecular complexity index is 1030. The largest absolute Gasteiger partial charge is 0.440 e. The van der Waals surface area contributed by atoms with E-state index in [-0.39, 0.29) is 17.7 Å². The van der Waals surface area contributed by atoms with Gasteiger partial charge in [-0.2, -0.15) is 0 Å². The van der Waals surface area contributed by atoms with Crippen LogP contribution in [0.15, 0.2) is 46.9 Å². The first kappa shape index (κ1) is 16.1. The molecule has 1 aromatic heterocycles. The van der Waals surface area contributed by atoms with Crippen LogP contribution in [0, 0.1) is 5.92 Å². The fourth-order valence-electron chi connectivity index (χ4n) is 3.03. The zero-order valence-corrected chi connectivity index (χ0v) is 14.7. The van der Waals surface area contributed by atoms with E-state index in [9.17, 15) is 9.59 Å². The number of benzene rings is 2. The molecule has 0 spiro atoms. The van der Waals surface area contributed by atoms with Crippen LogP contribution >= 0.6 is 0 Å². The molecule has 2 amide bonds. The average Bonchev–Trinajstić information content (AvgIpc) is 3.58. The maximum absolute atomic E-state index is 12.5. The third-order valence-corrected chi connectivity index (χ3v) is 4.95. The molecular weight excluding hydrogens is 342 g/mol. The summed E-state index contributed by atoms with van der Waals surface area (Å²) >= 11 is 0. The van der Waals surface area contributed by atoms with Gasteiger partial charge in [0.25, 0.3) is 5.91 Å². The van der Waals surface area contributed by atoms with Gasteiger partial charge in [-0.1, -0.05) is 0 Å². The molecule has 1 heterocycles. The van der Waals surface area contributed by atoms with E-state index in [0.717, 1.165) is 42.7 Å². The third kappa shape index (κ3) is 3.43. The second-order valence-electron chi connectivity index (χ2n) is 7.30. The first-order valence-electron chi connectivity index (χ1n) is 9.28. The molecule has 2 N–H and O–H groups in total. The number of rotatable bonds is 5. The number of anilines is 2. The van der Waals surface area contributed by atoms with Gasteiger partial charge in [-0.05, 0) is 68.1 Å². The molecule has 0 bridgehead atoms. The zero-order chi connectivity index (χ0) is 18.4. The Morgan fingerprint density at radius 1 is 0.926 bits per heavy atom. The van der Waals surface area contributed by atoms with Crippen molar-refractivity contribution in [2.75, 3.05) is 10.6 Å². The van der Waals surface area contributed by atoms with Crippen LogP contribution in [0.3, 0.4) is 0 Å². The van der Waals surface area contributed by atoms with Crippen molar-refractivity contribution in [1.82, 2.24) is 4.98 Å². The Balaban J connectivity index is 1.27. The molecule has 136 valence electrons. The van der Waals surface area contributed by atoms with Crippen LogP contribution in [0.25, 0.3) is 11.1 Å². The van der Waals surface area contributed by atoms with Crippen LogP contribution in [-0.4, -0.2) is 16.8 Å². The highest BCUT2D eigenvalue weighted by Crippen LogP contribution is 2.40. The molecule has 5 rings (SSSR count). The predicted molar refractivity (Wildman–Crippen MR) is 102 cm³/mol. The van der Waals surface area contributed by atoms with E-state index in [4.69, 9.17) is 4.42 Å². The molecule has 2 fully saturated rings. The summed E-state index contributed by atoms with van der Waals surface area (Å²) in [5, 5.41) is 5.75. The van der Waals surface area contributed by atoms with Crippen LogP contribution in [0.1, 0.15) is 47.8 Å². The van der Waals surface area contributed by atoms with Gasteiger partial charge in [0, 0.05) is 28.8 Å². The molecular formula is C21H19N3O3. The number of fused-ring (bicyclic) bond motifs is 1. The lowest BCUT2D eigenvalue weighted by atomic mass is 10.2. The van der Waals surface area contributed by atoms with Crippen molar-refractivity contribution in [3.8, 4) is 0 Å². The van der Waals surface area contributed by atoms with Crippen molar-refractivity contribution >= 4 is 34.3 Å². The van der Waals surface area contributed by atoms with Gasteiger partial charge in [-0.25, -0.2) is 4.98 Å². The molecule has 0 radical (unpaired) electrons. The van der Waals surface area contributed by atoms with Gasteiger partial charge in [0.1, 0.15) is 5.52 Å². The molecule has 2 saturated carbocycles. The molecule has 0 unspecified atom stereocenters. The summed E-state index contributed by atoms with van der Waals surface area (Å²) in [7, 11) is 0. The monoisotopic (exact) mass is 361 g/mol. The van der Waals surface area contributed by atoms with E-state index in [1.54, 1.807) is 24.3 Å². The van der Waals surface area contributed by atoms with E-state index in [2.05, 4.69) is 15.6 Å². The van der Waals surface area contributed by atoms with Gasteiger partial charge in [0.15, 0.2) is 11.5 Å².